The molecule has 184 valence electrons. The normalized spacial score (nSPS) is 16.3. The molecule has 3 aromatic rings. The minimum absolute atomic E-state index is 0.0110. The van der Waals surface area contributed by atoms with Gasteiger partial charge in [0, 0.05) is 12.6 Å². The molecule has 0 aliphatic heterocycles. The maximum atomic E-state index is 12.7. The second-order valence-electron chi connectivity index (χ2n) is 8.53. The molecular formula is C24H26N4O6S. The number of fused-ring (bicyclic) bond motifs is 1. The number of hydrogen-bond acceptors (Lipinski definition) is 7. The summed E-state index contributed by atoms with van der Waals surface area (Å²) in [5.74, 6) is -1.71. The molecule has 1 aliphatic carbocycles. The molecule has 2 atom stereocenters. The van der Waals surface area contributed by atoms with Crippen LogP contribution in [-0.2, 0) is 32.4 Å². The highest BCUT2D eigenvalue weighted by Crippen LogP contribution is 2.33. The highest BCUT2D eigenvalue weighted by atomic mass is 32.2. The largest absolute Gasteiger partial charge is 0.480 e. The van der Waals surface area contributed by atoms with Gasteiger partial charge in [-0.05, 0) is 61.6 Å². The maximum Gasteiger partial charge on any atom is 0.337 e. The number of aliphatic carboxylic acids is 1. The summed E-state index contributed by atoms with van der Waals surface area (Å²) >= 11 is 0. The van der Waals surface area contributed by atoms with Crippen LogP contribution in [-0.4, -0.2) is 53.6 Å². The second kappa shape index (κ2) is 9.96. The van der Waals surface area contributed by atoms with E-state index in [1.165, 1.54) is 19.2 Å². The predicted molar refractivity (Wildman–Crippen MR) is 126 cm³/mol. The molecule has 10 nitrogen and oxygen atoms in total. The van der Waals surface area contributed by atoms with Gasteiger partial charge in [-0.2, -0.15) is 4.72 Å². The first-order chi connectivity index (χ1) is 16.7. The van der Waals surface area contributed by atoms with Gasteiger partial charge in [-0.25, -0.2) is 17.9 Å². The van der Waals surface area contributed by atoms with Gasteiger partial charge >= 0.3 is 11.9 Å². The van der Waals surface area contributed by atoms with Crippen LogP contribution in [0.5, 0.6) is 0 Å². The van der Waals surface area contributed by atoms with Gasteiger partial charge in [0.25, 0.3) is 0 Å². The molecule has 1 aromatic heterocycles. The Morgan fingerprint density at radius 2 is 1.97 bits per heavy atom. The highest BCUT2D eigenvalue weighted by Gasteiger charge is 2.28. The predicted octanol–water partition coefficient (Wildman–Crippen LogP) is 2.27. The summed E-state index contributed by atoms with van der Waals surface area (Å²) in [6.45, 7) is 1.83. The lowest BCUT2D eigenvalue weighted by Crippen LogP contribution is -2.42. The monoisotopic (exact) mass is 498 g/mol. The Balaban J connectivity index is 1.53. The van der Waals surface area contributed by atoms with Gasteiger partial charge in [-0.3, -0.25) is 4.79 Å². The van der Waals surface area contributed by atoms with Gasteiger partial charge in [0.15, 0.2) is 0 Å². The van der Waals surface area contributed by atoms with Crippen molar-refractivity contribution in [3.05, 3.63) is 76.6 Å². The Bertz CT molecular complexity index is 1350. The van der Waals surface area contributed by atoms with Crippen LogP contribution < -0.4 is 4.72 Å². The number of aromatic nitrogens is 3. The van der Waals surface area contributed by atoms with E-state index in [2.05, 4.69) is 15.0 Å². The summed E-state index contributed by atoms with van der Waals surface area (Å²) in [4.78, 5) is 23.7. The molecule has 0 fully saturated rings. The Kier molecular flexibility index (Phi) is 6.99. The number of esters is 1. The average molecular weight is 499 g/mol. The van der Waals surface area contributed by atoms with Crippen LogP contribution in [0.15, 0.2) is 53.6 Å². The lowest BCUT2D eigenvalue weighted by molar-refractivity contribution is -0.138. The zero-order valence-corrected chi connectivity index (χ0v) is 20.2. The molecule has 0 radical (unpaired) electrons. The Morgan fingerprint density at radius 3 is 2.66 bits per heavy atom. The Labute approximate surface area is 203 Å². The summed E-state index contributed by atoms with van der Waals surface area (Å²) < 4.78 is 34.1. The first kappa shape index (κ1) is 24.6. The van der Waals surface area contributed by atoms with Gasteiger partial charge < -0.3 is 9.84 Å². The topological polar surface area (TPSA) is 140 Å². The first-order valence-electron chi connectivity index (χ1n) is 11.1. The number of methoxy groups -OCH3 is 1. The smallest absolute Gasteiger partial charge is 0.337 e. The molecule has 0 bridgehead atoms. The van der Waals surface area contributed by atoms with Crippen molar-refractivity contribution in [2.75, 3.05) is 7.11 Å². The highest BCUT2D eigenvalue weighted by molar-refractivity contribution is 7.89. The van der Waals surface area contributed by atoms with E-state index in [1.807, 2.05) is 19.1 Å². The van der Waals surface area contributed by atoms with Crippen molar-refractivity contribution < 1.29 is 27.9 Å². The van der Waals surface area contributed by atoms with Crippen molar-refractivity contribution in [2.45, 2.75) is 49.6 Å². The Morgan fingerprint density at radius 1 is 1.23 bits per heavy atom. The van der Waals surface area contributed by atoms with Crippen LogP contribution in [0.1, 0.15) is 51.6 Å². The number of hydrogen-bond donors (Lipinski definition) is 2. The minimum Gasteiger partial charge on any atom is -0.480 e. The van der Waals surface area contributed by atoms with Gasteiger partial charge in [-0.1, -0.05) is 29.0 Å². The molecule has 1 unspecified atom stereocenters. The Hall–Kier alpha value is -3.57. The standard InChI is InChI=1S/C24H26N4O6S/c1-15-6-9-19(10-7-15)35(32,33)26-21(23(29)30)13-18-14-28(27-25-18)22-5-3-4-16-12-17(24(31)34-2)8-11-20(16)22/h6-12,14,21-22,26H,3-5,13H2,1-2H3,(H,29,30)/t21-,22?/m0/s1. The SMILES string of the molecule is COC(=O)c1ccc2c(c1)CCCC2n1cc(C[C@H](NS(=O)(=O)c2ccc(C)cc2)C(=O)O)nn1. The molecule has 0 saturated heterocycles. The van der Waals surface area contributed by atoms with E-state index >= 15 is 0 Å². The quantitative estimate of drug-likeness (QED) is 0.451. The first-order valence-corrected chi connectivity index (χ1v) is 12.6. The van der Waals surface area contributed by atoms with E-state index in [0.717, 1.165) is 36.0 Å². The van der Waals surface area contributed by atoms with E-state index in [0.29, 0.717) is 11.3 Å². The lowest BCUT2D eigenvalue weighted by atomic mass is 9.86. The number of carbonyl (C=O) groups is 2. The van der Waals surface area contributed by atoms with Crippen LogP contribution in [0.2, 0.25) is 0 Å². The van der Waals surface area contributed by atoms with E-state index in [9.17, 15) is 23.1 Å². The van der Waals surface area contributed by atoms with Crippen LogP contribution in [0.25, 0.3) is 0 Å². The second-order valence-corrected chi connectivity index (χ2v) is 10.2. The van der Waals surface area contributed by atoms with Gasteiger partial charge in [0.1, 0.15) is 6.04 Å². The molecular weight excluding hydrogens is 472 g/mol. The van der Waals surface area contributed by atoms with E-state index < -0.39 is 28.0 Å². The third kappa shape index (κ3) is 5.41. The number of carboxylic acid groups (broad SMARTS) is 1. The number of nitrogens with one attached hydrogen (secondary N) is 1. The number of sulfonamides is 1. The molecule has 2 N–H and O–H groups in total. The van der Waals surface area contributed by atoms with Gasteiger partial charge in [-0.15, -0.1) is 5.10 Å². The molecule has 0 amide bonds. The molecule has 0 spiro atoms. The molecule has 1 heterocycles. The summed E-state index contributed by atoms with van der Waals surface area (Å²) in [6, 6.07) is 10.0. The third-order valence-electron chi connectivity index (χ3n) is 6.06. The summed E-state index contributed by atoms with van der Waals surface area (Å²) in [5, 5.41) is 17.9. The lowest BCUT2D eigenvalue weighted by Gasteiger charge is -2.25. The number of carbonyl (C=O) groups excluding carboxylic acids is 1. The number of ether oxygens (including phenoxy) is 1. The molecule has 35 heavy (non-hydrogen) atoms. The van der Waals surface area contributed by atoms with Crippen molar-refractivity contribution in [3.63, 3.8) is 0 Å². The van der Waals surface area contributed by atoms with Crippen molar-refractivity contribution in [1.29, 1.82) is 0 Å². The summed E-state index contributed by atoms with van der Waals surface area (Å²) in [5.41, 5.74) is 3.76. The number of rotatable bonds is 8. The number of carboxylic acids is 1. The number of nitrogens with zero attached hydrogens (tertiary/aromatic N) is 3. The van der Waals surface area contributed by atoms with E-state index in [-0.39, 0.29) is 17.4 Å². The van der Waals surface area contributed by atoms with Gasteiger partial charge in [0.2, 0.25) is 10.0 Å². The molecule has 11 heteroatoms. The molecule has 4 rings (SSSR count). The third-order valence-corrected chi connectivity index (χ3v) is 7.55. The average Bonchev–Trinajstić information content (AvgIpc) is 3.30. The van der Waals surface area contributed by atoms with E-state index in [4.69, 9.17) is 4.74 Å². The van der Waals surface area contributed by atoms with Crippen molar-refractivity contribution in [1.82, 2.24) is 19.7 Å². The summed E-state index contributed by atoms with van der Waals surface area (Å²) in [7, 11) is -2.69. The van der Waals surface area contributed by atoms with Crippen LogP contribution in [0.4, 0.5) is 0 Å². The molecule has 0 saturated carbocycles. The minimum atomic E-state index is -4.03. The fourth-order valence-corrected chi connectivity index (χ4v) is 5.42. The molecule has 1 aliphatic rings. The molecule has 2 aromatic carbocycles. The maximum absolute atomic E-state index is 12.7. The van der Waals surface area contributed by atoms with Crippen LogP contribution >= 0.6 is 0 Å². The zero-order valence-electron chi connectivity index (χ0n) is 19.3. The van der Waals surface area contributed by atoms with Gasteiger partial charge in [0.05, 0.1) is 29.3 Å². The van der Waals surface area contributed by atoms with Crippen molar-refractivity contribution in [3.8, 4) is 0 Å². The zero-order chi connectivity index (χ0) is 25.2. The van der Waals surface area contributed by atoms with Crippen LogP contribution in [0.3, 0.4) is 0 Å². The fourth-order valence-electron chi connectivity index (χ4n) is 4.23. The van der Waals surface area contributed by atoms with Crippen molar-refractivity contribution >= 4 is 22.0 Å². The number of benzene rings is 2. The summed E-state index contributed by atoms with van der Waals surface area (Å²) in [6.07, 6.45) is 3.98. The fraction of sp³-hybridized carbons (Fsp3) is 0.333. The van der Waals surface area contributed by atoms with Crippen LogP contribution in [0, 0.1) is 6.92 Å². The van der Waals surface area contributed by atoms with Crippen molar-refractivity contribution in [2.24, 2.45) is 0 Å². The van der Waals surface area contributed by atoms with E-state index in [1.54, 1.807) is 29.1 Å². The number of aryl methyl sites for hydroxylation is 2.